The van der Waals surface area contributed by atoms with E-state index in [1.807, 2.05) is 64.1 Å². The van der Waals surface area contributed by atoms with Gasteiger partial charge in [-0.1, -0.05) is 25.6 Å². The number of rotatable bonds is 6. The molecule has 1 aromatic carbocycles. The van der Waals surface area contributed by atoms with Crippen LogP contribution in [0.4, 0.5) is 5.69 Å². The van der Waals surface area contributed by atoms with Crippen molar-refractivity contribution in [2.24, 2.45) is 14.1 Å². The Morgan fingerprint density at radius 3 is 2.43 bits per heavy atom. The standard InChI is InChI=1S/C27H27N7O/c1-6-20-21(18-11-29-33(4)14-18)13-28-27-25(20)24(26(32-27)19-12-30-34(5)15-19)17-9-8-16(3)22(10-17)31-23(35)7-2/h7-15H,2,6H2,1,3-5H3,(H,28,32)(H,31,35). The lowest BCUT2D eigenvalue weighted by molar-refractivity contribution is -0.111. The number of aryl methyl sites for hydroxylation is 4. The third-order valence-corrected chi connectivity index (χ3v) is 6.26. The Labute approximate surface area is 203 Å². The highest BCUT2D eigenvalue weighted by atomic mass is 16.1. The lowest BCUT2D eigenvalue weighted by Crippen LogP contribution is -2.08. The summed E-state index contributed by atoms with van der Waals surface area (Å²) in [6, 6.07) is 6.11. The fourth-order valence-electron chi connectivity index (χ4n) is 4.55. The van der Waals surface area contributed by atoms with E-state index < -0.39 is 0 Å². The summed E-state index contributed by atoms with van der Waals surface area (Å²) in [4.78, 5) is 20.4. The molecule has 35 heavy (non-hydrogen) atoms. The molecule has 8 heteroatoms. The number of aromatic nitrogens is 6. The molecule has 1 amide bonds. The zero-order valence-electron chi connectivity index (χ0n) is 20.3. The highest BCUT2D eigenvalue weighted by Crippen LogP contribution is 2.42. The van der Waals surface area contributed by atoms with Gasteiger partial charge in [-0.15, -0.1) is 0 Å². The van der Waals surface area contributed by atoms with Crippen LogP contribution in [0, 0.1) is 6.92 Å². The number of carbonyl (C=O) groups excluding carboxylic acids is 1. The molecule has 0 unspecified atom stereocenters. The van der Waals surface area contributed by atoms with Crippen molar-refractivity contribution in [3.63, 3.8) is 0 Å². The van der Waals surface area contributed by atoms with E-state index in [0.29, 0.717) is 0 Å². The summed E-state index contributed by atoms with van der Waals surface area (Å²) in [5.41, 5.74) is 9.67. The van der Waals surface area contributed by atoms with Crippen LogP contribution in [0.1, 0.15) is 18.1 Å². The van der Waals surface area contributed by atoms with Crippen LogP contribution >= 0.6 is 0 Å². The third-order valence-electron chi connectivity index (χ3n) is 6.26. The number of benzene rings is 1. The number of nitrogens with one attached hydrogen (secondary N) is 2. The summed E-state index contributed by atoms with van der Waals surface area (Å²) in [5, 5.41) is 12.7. The maximum absolute atomic E-state index is 12.1. The predicted octanol–water partition coefficient (Wildman–Crippen LogP) is 5.03. The molecule has 5 aromatic rings. The normalized spacial score (nSPS) is 11.2. The van der Waals surface area contributed by atoms with Crippen LogP contribution in [0.2, 0.25) is 0 Å². The van der Waals surface area contributed by atoms with Gasteiger partial charge in [0.25, 0.3) is 0 Å². The second-order valence-corrected chi connectivity index (χ2v) is 8.63. The van der Waals surface area contributed by atoms with Crippen LogP contribution in [0.15, 0.2) is 61.8 Å². The van der Waals surface area contributed by atoms with Gasteiger partial charge in [0.05, 0.1) is 18.1 Å². The van der Waals surface area contributed by atoms with Gasteiger partial charge in [-0.05, 0) is 42.2 Å². The third kappa shape index (κ3) is 3.93. The Kier molecular flexibility index (Phi) is 5.56. The first-order chi connectivity index (χ1) is 16.9. The first-order valence-corrected chi connectivity index (χ1v) is 11.5. The van der Waals surface area contributed by atoms with Gasteiger partial charge < -0.3 is 10.3 Å². The molecule has 2 N–H and O–H groups in total. The second-order valence-electron chi connectivity index (χ2n) is 8.63. The molecule has 0 fully saturated rings. The number of carbonyl (C=O) groups is 1. The highest BCUT2D eigenvalue weighted by Gasteiger charge is 2.22. The van der Waals surface area contributed by atoms with Crippen LogP contribution in [0.5, 0.6) is 0 Å². The van der Waals surface area contributed by atoms with Crippen molar-refractivity contribution in [1.82, 2.24) is 29.5 Å². The quantitative estimate of drug-likeness (QED) is 0.344. The number of anilines is 1. The van der Waals surface area contributed by atoms with E-state index in [1.165, 1.54) is 11.6 Å². The van der Waals surface area contributed by atoms with Crippen molar-refractivity contribution < 1.29 is 4.79 Å². The minimum atomic E-state index is -0.244. The summed E-state index contributed by atoms with van der Waals surface area (Å²) >= 11 is 0. The molecular formula is C27H27N7O. The molecule has 0 aliphatic heterocycles. The Hall–Kier alpha value is -4.46. The van der Waals surface area contributed by atoms with Gasteiger partial charge >= 0.3 is 0 Å². The van der Waals surface area contributed by atoms with Crippen molar-refractivity contribution in [3.05, 3.63) is 73.0 Å². The van der Waals surface area contributed by atoms with Crippen LogP contribution in [0.3, 0.4) is 0 Å². The van der Waals surface area contributed by atoms with E-state index in [0.717, 1.165) is 62.2 Å². The maximum Gasteiger partial charge on any atom is 0.247 e. The van der Waals surface area contributed by atoms with E-state index >= 15 is 0 Å². The van der Waals surface area contributed by atoms with Crippen molar-refractivity contribution in [1.29, 1.82) is 0 Å². The minimum Gasteiger partial charge on any atom is -0.339 e. The SMILES string of the molecule is C=CC(=O)Nc1cc(-c2c(-c3cnn(C)c3)[nH]c3ncc(-c4cnn(C)c4)c(CC)c23)ccc1C. The van der Waals surface area contributed by atoms with Crippen molar-refractivity contribution in [3.8, 4) is 33.5 Å². The van der Waals surface area contributed by atoms with Gasteiger partial charge in [0, 0.05) is 66.0 Å². The topological polar surface area (TPSA) is 93.4 Å². The smallest absolute Gasteiger partial charge is 0.247 e. The number of hydrogen-bond donors (Lipinski definition) is 2. The molecule has 0 atom stereocenters. The summed E-state index contributed by atoms with van der Waals surface area (Å²) in [6.45, 7) is 7.70. The number of pyridine rings is 1. The first-order valence-electron chi connectivity index (χ1n) is 11.5. The monoisotopic (exact) mass is 465 g/mol. The number of amides is 1. The zero-order valence-corrected chi connectivity index (χ0v) is 20.3. The average molecular weight is 466 g/mol. The van der Waals surface area contributed by atoms with E-state index in [1.54, 1.807) is 9.36 Å². The lowest BCUT2D eigenvalue weighted by atomic mass is 9.92. The van der Waals surface area contributed by atoms with E-state index in [2.05, 4.69) is 40.1 Å². The molecule has 0 saturated carbocycles. The molecule has 0 saturated heterocycles. The number of fused-ring (bicyclic) bond motifs is 1. The number of nitrogens with zero attached hydrogens (tertiary/aromatic N) is 5. The molecule has 0 aliphatic carbocycles. The average Bonchev–Trinajstić information content (AvgIpc) is 3.57. The van der Waals surface area contributed by atoms with Gasteiger partial charge in [-0.25, -0.2) is 4.98 Å². The highest BCUT2D eigenvalue weighted by molar-refractivity contribution is 6.07. The van der Waals surface area contributed by atoms with Crippen LogP contribution in [-0.2, 0) is 25.3 Å². The van der Waals surface area contributed by atoms with Crippen LogP contribution in [0.25, 0.3) is 44.5 Å². The zero-order chi connectivity index (χ0) is 24.7. The largest absolute Gasteiger partial charge is 0.339 e. The van der Waals surface area contributed by atoms with Crippen molar-refractivity contribution in [2.75, 3.05) is 5.32 Å². The van der Waals surface area contributed by atoms with Crippen LogP contribution < -0.4 is 5.32 Å². The van der Waals surface area contributed by atoms with E-state index in [9.17, 15) is 4.79 Å². The fraction of sp³-hybridized carbons (Fsp3) is 0.185. The summed E-state index contributed by atoms with van der Waals surface area (Å²) in [6.07, 6.45) is 11.7. The van der Waals surface area contributed by atoms with Gasteiger partial charge in [-0.2, -0.15) is 10.2 Å². The van der Waals surface area contributed by atoms with E-state index in [-0.39, 0.29) is 5.91 Å². The Bertz CT molecular complexity index is 1580. The molecule has 176 valence electrons. The Balaban J connectivity index is 1.83. The molecular weight excluding hydrogens is 438 g/mol. The molecule has 4 heterocycles. The minimum absolute atomic E-state index is 0.244. The molecule has 0 radical (unpaired) electrons. The first kappa shape index (κ1) is 22.3. The predicted molar refractivity (Wildman–Crippen MR) is 139 cm³/mol. The number of aromatic amines is 1. The molecule has 0 aliphatic rings. The Morgan fingerprint density at radius 1 is 1.09 bits per heavy atom. The molecule has 4 aromatic heterocycles. The van der Waals surface area contributed by atoms with Crippen LogP contribution in [-0.4, -0.2) is 35.4 Å². The maximum atomic E-state index is 12.1. The molecule has 8 nitrogen and oxygen atoms in total. The number of H-pyrrole nitrogens is 1. The lowest BCUT2D eigenvalue weighted by Gasteiger charge is -2.13. The van der Waals surface area contributed by atoms with E-state index in [4.69, 9.17) is 4.98 Å². The van der Waals surface area contributed by atoms with Gasteiger partial charge in [0.1, 0.15) is 5.65 Å². The van der Waals surface area contributed by atoms with Gasteiger partial charge in [0.2, 0.25) is 5.91 Å². The Morgan fingerprint density at radius 2 is 1.80 bits per heavy atom. The summed E-state index contributed by atoms with van der Waals surface area (Å²) in [5.74, 6) is -0.244. The number of hydrogen-bond acceptors (Lipinski definition) is 4. The summed E-state index contributed by atoms with van der Waals surface area (Å²) < 4.78 is 3.58. The molecule has 0 spiro atoms. The second kappa shape index (κ2) is 8.72. The molecule has 0 bridgehead atoms. The summed E-state index contributed by atoms with van der Waals surface area (Å²) in [7, 11) is 3.81. The van der Waals surface area contributed by atoms with Crippen molar-refractivity contribution >= 4 is 22.6 Å². The van der Waals surface area contributed by atoms with Crippen molar-refractivity contribution in [2.45, 2.75) is 20.3 Å². The molecule has 5 rings (SSSR count). The fourth-order valence-corrected chi connectivity index (χ4v) is 4.55. The van der Waals surface area contributed by atoms with Gasteiger partial charge in [0.15, 0.2) is 0 Å². The van der Waals surface area contributed by atoms with Gasteiger partial charge in [-0.3, -0.25) is 14.2 Å².